The number of sulfone groups is 1. The van der Waals surface area contributed by atoms with E-state index in [2.05, 4.69) is 52.0 Å². The molecule has 0 bridgehead atoms. The van der Waals surface area contributed by atoms with Crippen molar-refractivity contribution in [1.82, 2.24) is 4.90 Å². The van der Waals surface area contributed by atoms with Crippen LogP contribution in [0.2, 0.25) is 0 Å². The highest BCUT2D eigenvalue weighted by Crippen LogP contribution is 2.28. The van der Waals surface area contributed by atoms with Gasteiger partial charge < -0.3 is 9.64 Å². The van der Waals surface area contributed by atoms with Gasteiger partial charge >= 0.3 is 0 Å². The lowest BCUT2D eigenvalue weighted by Crippen LogP contribution is -2.52. The zero-order valence-corrected chi connectivity index (χ0v) is 17.3. The van der Waals surface area contributed by atoms with Gasteiger partial charge in [-0.05, 0) is 28.5 Å². The summed E-state index contributed by atoms with van der Waals surface area (Å²) in [5.41, 5.74) is 3.27. The molecule has 2 aliphatic rings. The van der Waals surface area contributed by atoms with E-state index in [4.69, 9.17) is 4.74 Å². The van der Waals surface area contributed by atoms with E-state index in [9.17, 15) is 13.2 Å². The van der Waals surface area contributed by atoms with Crippen LogP contribution in [-0.2, 0) is 19.4 Å². The van der Waals surface area contributed by atoms with Gasteiger partial charge in [0.1, 0.15) is 0 Å². The topological polar surface area (TPSA) is 63.7 Å². The fourth-order valence-electron chi connectivity index (χ4n) is 3.85. The number of benzene rings is 1. The third-order valence-corrected chi connectivity index (χ3v) is 7.12. The van der Waals surface area contributed by atoms with Crippen molar-refractivity contribution >= 4 is 21.3 Å². The van der Waals surface area contributed by atoms with Crippen LogP contribution < -0.4 is 0 Å². The van der Waals surface area contributed by atoms with E-state index in [1.807, 2.05) is 0 Å². The van der Waals surface area contributed by atoms with Gasteiger partial charge in [0.25, 0.3) is 0 Å². The molecule has 0 aromatic heterocycles. The van der Waals surface area contributed by atoms with E-state index in [1.54, 1.807) is 11.0 Å². The Labute approximate surface area is 162 Å². The molecule has 1 aromatic rings. The molecule has 0 saturated carbocycles. The molecule has 0 N–H and O–H groups in total. The van der Waals surface area contributed by atoms with Crippen molar-refractivity contribution in [3.63, 3.8) is 0 Å². The maximum absolute atomic E-state index is 13.0. The zero-order chi connectivity index (χ0) is 19.8. The fraction of sp³-hybridized carbons (Fsp3) is 0.571. The van der Waals surface area contributed by atoms with Crippen LogP contribution in [-0.4, -0.2) is 56.0 Å². The average Bonchev–Trinajstić information content (AvgIpc) is 2.92. The smallest absolute Gasteiger partial charge is 0.247 e. The van der Waals surface area contributed by atoms with E-state index in [-0.39, 0.29) is 29.4 Å². The van der Waals surface area contributed by atoms with Crippen molar-refractivity contribution in [1.29, 1.82) is 0 Å². The third-order valence-electron chi connectivity index (χ3n) is 5.43. The fourth-order valence-corrected chi connectivity index (χ4v) is 5.72. The Bertz CT molecular complexity index is 824. The normalized spacial score (nSPS) is 25.1. The lowest BCUT2D eigenvalue weighted by molar-refractivity contribution is -0.137. The van der Waals surface area contributed by atoms with Gasteiger partial charge in [0.15, 0.2) is 9.84 Å². The number of amides is 1. The molecule has 148 valence electrons. The van der Waals surface area contributed by atoms with Crippen molar-refractivity contribution in [3.8, 4) is 0 Å². The van der Waals surface area contributed by atoms with Gasteiger partial charge in [-0.15, -0.1) is 0 Å². The molecule has 2 fully saturated rings. The van der Waals surface area contributed by atoms with Crippen LogP contribution in [0, 0.1) is 5.92 Å². The van der Waals surface area contributed by atoms with Crippen LogP contribution in [0.5, 0.6) is 0 Å². The Kier molecular flexibility index (Phi) is 5.77. The summed E-state index contributed by atoms with van der Waals surface area (Å²) in [7, 11) is -3.14. The number of carbonyl (C=O) groups is 1. The first-order chi connectivity index (χ1) is 12.7. The molecule has 0 spiro atoms. The SMILES string of the molecule is CC(C)/C(=C\C(=O)N1CCOC2CS(=O)(=O)CC21)c1ccc(C(C)C)cc1. The van der Waals surface area contributed by atoms with Crippen molar-refractivity contribution < 1.29 is 17.9 Å². The van der Waals surface area contributed by atoms with Gasteiger partial charge in [0, 0.05) is 12.6 Å². The number of nitrogens with zero attached hydrogens (tertiary/aromatic N) is 1. The maximum Gasteiger partial charge on any atom is 0.247 e. The second kappa shape index (κ2) is 7.76. The Morgan fingerprint density at radius 2 is 1.81 bits per heavy atom. The lowest BCUT2D eigenvalue weighted by atomic mass is 9.92. The molecule has 6 heteroatoms. The van der Waals surface area contributed by atoms with Gasteiger partial charge in [0.05, 0.1) is 30.3 Å². The Balaban J connectivity index is 1.86. The van der Waals surface area contributed by atoms with Crippen molar-refractivity contribution in [2.45, 2.75) is 45.8 Å². The van der Waals surface area contributed by atoms with Crippen LogP contribution in [0.1, 0.15) is 44.7 Å². The third kappa shape index (κ3) is 4.43. The monoisotopic (exact) mass is 391 g/mol. The number of rotatable bonds is 4. The summed E-state index contributed by atoms with van der Waals surface area (Å²) in [4.78, 5) is 14.7. The van der Waals surface area contributed by atoms with Crippen LogP contribution in [0.3, 0.4) is 0 Å². The molecule has 0 radical (unpaired) electrons. The lowest BCUT2D eigenvalue weighted by Gasteiger charge is -2.36. The molecule has 2 heterocycles. The number of hydrogen-bond acceptors (Lipinski definition) is 4. The summed E-state index contributed by atoms with van der Waals surface area (Å²) in [6.45, 7) is 9.26. The molecule has 1 amide bonds. The van der Waals surface area contributed by atoms with Gasteiger partial charge in [0.2, 0.25) is 5.91 Å². The van der Waals surface area contributed by atoms with Gasteiger partial charge in [-0.1, -0.05) is 52.0 Å². The summed E-state index contributed by atoms with van der Waals surface area (Å²) >= 11 is 0. The van der Waals surface area contributed by atoms with E-state index in [1.165, 1.54) is 5.56 Å². The summed E-state index contributed by atoms with van der Waals surface area (Å²) in [5.74, 6) is 0.530. The Hall–Kier alpha value is -1.66. The minimum absolute atomic E-state index is 0.00263. The Morgan fingerprint density at radius 1 is 1.15 bits per heavy atom. The minimum Gasteiger partial charge on any atom is -0.373 e. The molecule has 3 rings (SSSR count). The molecule has 27 heavy (non-hydrogen) atoms. The Morgan fingerprint density at radius 3 is 2.41 bits per heavy atom. The predicted molar refractivity (Wildman–Crippen MR) is 107 cm³/mol. The summed E-state index contributed by atoms with van der Waals surface area (Å²) in [6, 6.07) is 7.97. The summed E-state index contributed by atoms with van der Waals surface area (Å²) < 4.78 is 29.5. The van der Waals surface area contributed by atoms with Crippen molar-refractivity contribution in [2.24, 2.45) is 5.92 Å². The number of morpholine rings is 1. The maximum atomic E-state index is 13.0. The van der Waals surface area contributed by atoms with Crippen LogP contribution >= 0.6 is 0 Å². The van der Waals surface area contributed by atoms with Gasteiger partial charge in [-0.3, -0.25) is 4.79 Å². The summed E-state index contributed by atoms with van der Waals surface area (Å²) in [6.07, 6.45) is 1.29. The summed E-state index contributed by atoms with van der Waals surface area (Å²) in [5, 5.41) is 0. The van der Waals surface area contributed by atoms with Gasteiger partial charge in [-0.25, -0.2) is 8.42 Å². The second-order valence-electron chi connectivity index (χ2n) is 8.12. The van der Waals surface area contributed by atoms with E-state index in [0.717, 1.165) is 11.1 Å². The number of ether oxygens (including phenoxy) is 1. The second-order valence-corrected chi connectivity index (χ2v) is 10.3. The molecule has 0 aliphatic carbocycles. The van der Waals surface area contributed by atoms with Crippen LogP contribution in [0.4, 0.5) is 0 Å². The average molecular weight is 392 g/mol. The number of carbonyl (C=O) groups excluding carboxylic acids is 1. The quantitative estimate of drug-likeness (QED) is 0.741. The first-order valence-electron chi connectivity index (χ1n) is 9.62. The van der Waals surface area contributed by atoms with E-state index in [0.29, 0.717) is 19.1 Å². The first kappa shape index (κ1) is 20.1. The molecule has 2 atom stereocenters. The van der Waals surface area contributed by atoms with Gasteiger partial charge in [-0.2, -0.15) is 0 Å². The van der Waals surface area contributed by atoms with Crippen molar-refractivity contribution in [3.05, 3.63) is 41.5 Å². The largest absolute Gasteiger partial charge is 0.373 e. The van der Waals surface area contributed by atoms with E-state index >= 15 is 0 Å². The number of fused-ring (bicyclic) bond motifs is 1. The molecule has 5 nitrogen and oxygen atoms in total. The molecular formula is C21H29NO4S. The van der Waals surface area contributed by atoms with Crippen LogP contribution in [0.25, 0.3) is 5.57 Å². The highest BCUT2D eigenvalue weighted by atomic mass is 32.2. The number of hydrogen-bond donors (Lipinski definition) is 0. The molecular weight excluding hydrogens is 362 g/mol. The zero-order valence-electron chi connectivity index (χ0n) is 16.5. The minimum atomic E-state index is -3.14. The highest BCUT2D eigenvalue weighted by molar-refractivity contribution is 7.91. The molecule has 2 unspecified atom stereocenters. The van der Waals surface area contributed by atoms with Crippen molar-refractivity contribution in [2.75, 3.05) is 24.7 Å². The van der Waals surface area contributed by atoms with E-state index < -0.39 is 15.9 Å². The molecule has 1 aromatic carbocycles. The first-order valence-corrected chi connectivity index (χ1v) is 11.4. The standard InChI is InChI=1S/C21H29NO4S/c1-14(2)16-5-7-17(8-6-16)18(15(3)4)11-21(23)22-9-10-26-20-13-27(24,25)12-19(20)22/h5-8,11,14-15,19-20H,9-10,12-13H2,1-4H3/b18-11+. The number of allylic oxidation sites excluding steroid dienone is 1. The molecule has 2 aliphatic heterocycles. The van der Waals surface area contributed by atoms with Crippen LogP contribution in [0.15, 0.2) is 30.3 Å². The molecule has 2 saturated heterocycles. The highest BCUT2D eigenvalue weighted by Gasteiger charge is 2.45. The predicted octanol–water partition coefficient (Wildman–Crippen LogP) is 2.87.